The number of aromatic amines is 1. The Labute approximate surface area is 78.6 Å². The average molecular weight is 199 g/mol. The van der Waals surface area contributed by atoms with Crippen molar-refractivity contribution in [1.82, 2.24) is 9.97 Å². The van der Waals surface area contributed by atoms with Crippen LogP contribution in [0.3, 0.4) is 0 Å². The fourth-order valence-electron chi connectivity index (χ4n) is 0.896. The number of nitrogens with zero attached hydrogens (tertiary/aromatic N) is 1. The summed E-state index contributed by atoms with van der Waals surface area (Å²) in [6.07, 6.45) is 1.28. The number of hydrogen-bond acceptors (Lipinski definition) is 4. The predicted molar refractivity (Wildman–Crippen MR) is 44.9 cm³/mol. The van der Waals surface area contributed by atoms with Crippen molar-refractivity contribution in [1.29, 1.82) is 0 Å². The van der Waals surface area contributed by atoms with Crippen molar-refractivity contribution in [3.8, 4) is 0 Å². The monoisotopic (exact) mass is 199 g/mol. The van der Waals surface area contributed by atoms with E-state index in [9.17, 15) is 9.59 Å². The summed E-state index contributed by atoms with van der Waals surface area (Å²) in [5, 5.41) is 17.0. The molecule has 1 aromatic rings. The Morgan fingerprint density at radius 2 is 2.21 bits per heavy atom. The van der Waals surface area contributed by atoms with E-state index >= 15 is 0 Å². The summed E-state index contributed by atoms with van der Waals surface area (Å²) in [6.45, 7) is 0. The number of H-pyrrole nitrogens is 1. The largest absolute Gasteiger partial charge is 0.480 e. The van der Waals surface area contributed by atoms with Crippen molar-refractivity contribution in [3.63, 3.8) is 0 Å². The van der Waals surface area contributed by atoms with Gasteiger partial charge in [-0.2, -0.15) is 0 Å². The number of nitrogens with one attached hydrogen (secondary N) is 1. The van der Waals surface area contributed by atoms with Crippen LogP contribution in [-0.2, 0) is 11.2 Å². The topological polar surface area (TPSA) is 129 Å². The smallest absolute Gasteiger partial charge is 0.371 e. The van der Waals surface area contributed by atoms with Crippen LogP contribution in [0.1, 0.15) is 16.3 Å². The molecule has 0 radical (unpaired) electrons. The highest BCUT2D eigenvalue weighted by Gasteiger charge is 2.15. The number of imidazole rings is 1. The maximum absolute atomic E-state index is 10.4. The molecule has 0 aromatic carbocycles. The van der Waals surface area contributed by atoms with E-state index in [2.05, 4.69) is 9.97 Å². The second kappa shape index (κ2) is 3.88. The number of carbonyl (C=O) groups is 2. The number of hydrogen-bond donors (Lipinski definition) is 4. The van der Waals surface area contributed by atoms with E-state index in [0.717, 1.165) is 0 Å². The number of carboxylic acids is 2. The predicted octanol–water partition coefficient (Wildman–Crippen LogP) is -0.938. The molecule has 0 spiro atoms. The van der Waals surface area contributed by atoms with Crippen LogP contribution in [0.2, 0.25) is 0 Å². The lowest BCUT2D eigenvalue weighted by atomic mass is 10.2. The van der Waals surface area contributed by atoms with Crippen LogP contribution < -0.4 is 5.73 Å². The Morgan fingerprint density at radius 3 is 2.64 bits per heavy atom. The summed E-state index contributed by atoms with van der Waals surface area (Å²) >= 11 is 0. The van der Waals surface area contributed by atoms with Crippen LogP contribution in [0.15, 0.2) is 6.20 Å². The molecule has 0 aliphatic rings. The van der Waals surface area contributed by atoms with Gasteiger partial charge in [0.2, 0.25) is 5.82 Å². The maximum Gasteiger partial charge on any atom is 0.371 e. The highest BCUT2D eigenvalue weighted by molar-refractivity contribution is 5.83. The molecule has 76 valence electrons. The molecular formula is C7H9N3O4. The Balaban J connectivity index is 2.69. The number of carboxylic acid groups (broad SMARTS) is 2. The van der Waals surface area contributed by atoms with Crippen LogP contribution >= 0.6 is 0 Å². The minimum atomic E-state index is -1.19. The molecule has 0 aliphatic carbocycles. The van der Waals surface area contributed by atoms with Crippen molar-refractivity contribution in [2.24, 2.45) is 5.73 Å². The average Bonchev–Trinajstić information content (AvgIpc) is 2.52. The van der Waals surface area contributed by atoms with Gasteiger partial charge in [-0.3, -0.25) is 4.79 Å². The summed E-state index contributed by atoms with van der Waals surface area (Å²) in [6, 6.07) is -1.06. The molecule has 7 heteroatoms. The van der Waals surface area contributed by atoms with Gasteiger partial charge in [0.05, 0.1) is 0 Å². The minimum Gasteiger partial charge on any atom is -0.480 e. The lowest BCUT2D eigenvalue weighted by molar-refractivity contribution is -0.138. The molecule has 1 aromatic heterocycles. The van der Waals surface area contributed by atoms with E-state index in [1.165, 1.54) is 6.20 Å². The van der Waals surface area contributed by atoms with E-state index in [-0.39, 0.29) is 12.2 Å². The second-order valence-electron chi connectivity index (χ2n) is 2.71. The van der Waals surface area contributed by atoms with E-state index in [1.807, 2.05) is 0 Å². The zero-order chi connectivity index (χ0) is 10.7. The lowest BCUT2D eigenvalue weighted by Crippen LogP contribution is -2.32. The quantitative estimate of drug-likeness (QED) is 0.495. The van der Waals surface area contributed by atoms with Crippen LogP contribution in [0, 0.1) is 0 Å². The first kappa shape index (κ1) is 10.2. The second-order valence-corrected chi connectivity index (χ2v) is 2.71. The van der Waals surface area contributed by atoms with Gasteiger partial charge in [0.1, 0.15) is 6.04 Å². The fraction of sp³-hybridized carbons (Fsp3) is 0.286. The number of aliphatic carboxylic acids is 1. The van der Waals surface area contributed by atoms with Crippen molar-refractivity contribution >= 4 is 11.9 Å². The first-order valence-electron chi connectivity index (χ1n) is 3.76. The van der Waals surface area contributed by atoms with Gasteiger partial charge in [-0.25, -0.2) is 9.78 Å². The highest BCUT2D eigenvalue weighted by atomic mass is 16.4. The summed E-state index contributed by atoms with van der Waals surface area (Å²) < 4.78 is 0. The Morgan fingerprint density at radius 1 is 1.57 bits per heavy atom. The molecule has 1 unspecified atom stereocenters. The standard InChI is InChI=1S/C7H9N3O4/c8-4(6(11)12)1-3-2-9-5(10-3)7(13)14/h2,4H,1,8H2,(H,9,10)(H,11,12)(H,13,14). The molecule has 0 bridgehead atoms. The van der Waals surface area contributed by atoms with Crippen LogP contribution in [0.4, 0.5) is 0 Å². The van der Waals surface area contributed by atoms with E-state index < -0.39 is 18.0 Å². The number of aromatic nitrogens is 2. The van der Waals surface area contributed by atoms with E-state index in [0.29, 0.717) is 5.69 Å². The summed E-state index contributed by atoms with van der Waals surface area (Å²) in [5.41, 5.74) is 5.63. The van der Waals surface area contributed by atoms with Crippen molar-refractivity contribution < 1.29 is 19.8 Å². The van der Waals surface area contributed by atoms with Gasteiger partial charge >= 0.3 is 11.9 Å². The first-order chi connectivity index (χ1) is 6.50. The molecule has 0 fully saturated rings. The molecule has 1 rings (SSSR count). The van der Waals surface area contributed by atoms with Gasteiger partial charge < -0.3 is 20.9 Å². The van der Waals surface area contributed by atoms with Gasteiger partial charge in [-0.1, -0.05) is 0 Å². The first-order valence-corrected chi connectivity index (χ1v) is 3.76. The Kier molecular flexibility index (Phi) is 2.82. The zero-order valence-corrected chi connectivity index (χ0v) is 7.10. The molecule has 0 aliphatic heterocycles. The molecule has 0 saturated heterocycles. The number of rotatable bonds is 4. The molecule has 1 heterocycles. The Hall–Kier alpha value is -1.89. The SMILES string of the molecule is NC(Cc1cnc(C(=O)O)[nH]1)C(=O)O. The number of nitrogens with two attached hydrogens (primary N) is 1. The molecule has 0 amide bonds. The van der Waals surface area contributed by atoms with Gasteiger partial charge in [-0.15, -0.1) is 0 Å². The molecule has 5 N–H and O–H groups in total. The fourth-order valence-corrected chi connectivity index (χ4v) is 0.896. The summed E-state index contributed by atoms with van der Waals surface area (Å²) in [4.78, 5) is 26.7. The minimum absolute atomic E-state index is 0.0234. The molecular weight excluding hydrogens is 190 g/mol. The third-order valence-electron chi connectivity index (χ3n) is 1.59. The van der Waals surface area contributed by atoms with Crippen molar-refractivity contribution in [2.45, 2.75) is 12.5 Å². The summed E-state index contributed by atoms with van der Waals surface area (Å²) in [5.74, 6) is -2.56. The normalized spacial score (nSPS) is 12.4. The zero-order valence-electron chi connectivity index (χ0n) is 7.10. The van der Waals surface area contributed by atoms with Crippen LogP contribution in [0.5, 0.6) is 0 Å². The van der Waals surface area contributed by atoms with Gasteiger partial charge in [-0.05, 0) is 0 Å². The van der Waals surface area contributed by atoms with E-state index in [1.54, 1.807) is 0 Å². The van der Waals surface area contributed by atoms with Crippen molar-refractivity contribution in [3.05, 3.63) is 17.7 Å². The maximum atomic E-state index is 10.4. The van der Waals surface area contributed by atoms with Crippen LogP contribution in [0.25, 0.3) is 0 Å². The van der Waals surface area contributed by atoms with Crippen molar-refractivity contribution in [2.75, 3.05) is 0 Å². The molecule has 7 nitrogen and oxygen atoms in total. The van der Waals surface area contributed by atoms with Gasteiger partial charge in [0.15, 0.2) is 0 Å². The molecule has 14 heavy (non-hydrogen) atoms. The summed E-state index contributed by atoms with van der Waals surface area (Å²) in [7, 11) is 0. The number of aromatic carboxylic acids is 1. The Bertz CT molecular complexity index is 360. The highest BCUT2D eigenvalue weighted by Crippen LogP contribution is 2.00. The third-order valence-corrected chi connectivity index (χ3v) is 1.59. The van der Waals surface area contributed by atoms with Gasteiger partial charge in [0, 0.05) is 18.3 Å². The molecule has 0 saturated carbocycles. The van der Waals surface area contributed by atoms with E-state index in [4.69, 9.17) is 15.9 Å². The van der Waals surface area contributed by atoms with Gasteiger partial charge in [0.25, 0.3) is 0 Å². The third kappa shape index (κ3) is 2.30. The van der Waals surface area contributed by atoms with Crippen LogP contribution in [-0.4, -0.2) is 38.2 Å². The lowest BCUT2D eigenvalue weighted by Gasteiger charge is -2.02. The molecule has 1 atom stereocenters.